The molecule has 2 nitrogen and oxygen atoms in total. The van der Waals surface area contributed by atoms with E-state index in [2.05, 4.69) is 88.4 Å². The van der Waals surface area contributed by atoms with E-state index >= 15 is 0 Å². The summed E-state index contributed by atoms with van der Waals surface area (Å²) in [6.45, 7) is 9.53. The Morgan fingerprint density at radius 3 is 1.81 bits per heavy atom. The first-order valence-corrected chi connectivity index (χ1v) is 11.8. The van der Waals surface area contributed by atoms with Gasteiger partial charge in [0, 0.05) is 12.7 Å². The van der Waals surface area contributed by atoms with Crippen LogP contribution in [0.3, 0.4) is 0 Å². The highest BCUT2D eigenvalue weighted by molar-refractivity contribution is 6.92. The van der Waals surface area contributed by atoms with Gasteiger partial charge in [-0.3, -0.25) is 0 Å². The molecule has 2 aromatic carbocycles. The van der Waals surface area contributed by atoms with E-state index in [-0.39, 0.29) is 6.10 Å². The van der Waals surface area contributed by atoms with Gasteiger partial charge >= 0.3 is 8.56 Å². The zero-order valence-corrected chi connectivity index (χ0v) is 17.8. The molecular formula is C23H34O2Si. The molecule has 1 atom stereocenters. The second-order valence-electron chi connectivity index (χ2n) is 7.48. The SMILES string of the molecule is CCCCCC(C)O[Si](OCC(C)C)(c1ccccc1)c1ccccc1. The number of hydrogen-bond acceptors (Lipinski definition) is 2. The third kappa shape index (κ3) is 5.80. The summed E-state index contributed by atoms with van der Waals surface area (Å²) in [6, 6.07) is 21.1. The molecule has 0 aromatic heterocycles. The van der Waals surface area contributed by atoms with Crippen LogP contribution in [-0.2, 0) is 8.85 Å². The van der Waals surface area contributed by atoms with Gasteiger partial charge in [-0.15, -0.1) is 0 Å². The van der Waals surface area contributed by atoms with Crippen molar-refractivity contribution in [1.29, 1.82) is 0 Å². The van der Waals surface area contributed by atoms with Crippen LogP contribution in [0.4, 0.5) is 0 Å². The normalized spacial score (nSPS) is 13.1. The maximum absolute atomic E-state index is 6.82. The molecule has 0 radical (unpaired) electrons. The van der Waals surface area contributed by atoms with Crippen LogP contribution in [0, 0.1) is 5.92 Å². The summed E-state index contributed by atoms with van der Waals surface area (Å²) in [5, 5.41) is 2.38. The van der Waals surface area contributed by atoms with Crippen LogP contribution in [0.25, 0.3) is 0 Å². The number of hydrogen-bond donors (Lipinski definition) is 0. The minimum atomic E-state index is -2.73. The van der Waals surface area contributed by atoms with Crippen molar-refractivity contribution < 1.29 is 8.85 Å². The molecule has 26 heavy (non-hydrogen) atoms. The van der Waals surface area contributed by atoms with Gasteiger partial charge in [0.1, 0.15) is 0 Å². The van der Waals surface area contributed by atoms with Gasteiger partial charge in [-0.1, -0.05) is 101 Å². The summed E-state index contributed by atoms with van der Waals surface area (Å²) in [4.78, 5) is 0. The van der Waals surface area contributed by atoms with E-state index in [0.29, 0.717) is 12.5 Å². The van der Waals surface area contributed by atoms with E-state index in [1.807, 2.05) is 0 Å². The lowest BCUT2D eigenvalue weighted by Crippen LogP contribution is -2.64. The Hall–Kier alpha value is -1.42. The molecule has 0 aliphatic carbocycles. The number of benzene rings is 2. The van der Waals surface area contributed by atoms with E-state index < -0.39 is 8.56 Å². The minimum Gasteiger partial charge on any atom is -0.387 e. The Kier molecular flexibility index (Phi) is 8.56. The maximum Gasteiger partial charge on any atom is 0.407 e. The van der Waals surface area contributed by atoms with Crippen molar-refractivity contribution in [2.24, 2.45) is 5.92 Å². The van der Waals surface area contributed by atoms with Gasteiger partial charge in [-0.05, 0) is 29.6 Å². The lowest BCUT2D eigenvalue weighted by Gasteiger charge is -2.35. The monoisotopic (exact) mass is 370 g/mol. The standard InChI is InChI=1S/C23H34O2Si/c1-5-6-9-14-21(4)25-26(24-19-20(2)3,22-15-10-7-11-16-22)23-17-12-8-13-18-23/h7-8,10-13,15-18,20-21H,5-6,9,14,19H2,1-4H3. The fourth-order valence-corrected chi connectivity index (χ4v) is 6.65. The first-order chi connectivity index (χ1) is 12.6. The van der Waals surface area contributed by atoms with Crippen LogP contribution in [-0.4, -0.2) is 21.3 Å². The highest BCUT2D eigenvalue weighted by atomic mass is 28.4. The Morgan fingerprint density at radius 2 is 1.35 bits per heavy atom. The average molecular weight is 371 g/mol. The van der Waals surface area contributed by atoms with E-state index in [1.165, 1.54) is 29.6 Å². The Bertz CT molecular complexity index is 573. The van der Waals surface area contributed by atoms with Crippen molar-refractivity contribution in [1.82, 2.24) is 0 Å². The highest BCUT2D eigenvalue weighted by Crippen LogP contribution is 2.17. The largest absolute Gasteiger partial charge is 0.407 e. The van der Waals surface area contributed by atoms with Crippen molar-refractivity contribution in [3.63, 3.8) is 0 Å². The van der Waals surface area contributed by atoms with Gasteiger partial charge in [0.05, 0.1) is 0 Å². The summed E-state index contributed by atoms with van der Waals surface area (Å²) < 4.78 is 13.5. The zero-order valence-electron chi connectivity index (χ0n) is 16.8. The van der Waals surface area contributed by atoms with Gasteiger partial charge < -0.3 is 8.85 Å². The van der Waals surface area contributed by atoms with E-state index in [4.69, 9.17) is 8.85 Å². The second kappa shape index (κ2) is 10.7. The summed E-state index contributed by atoms with van der Waals surface area (Å²) >= 11 is 0. The van der Waals surface area contributed by atoms with Gasteiger partial charge in [0.2, 0.25) is 0 Å². The van der Waals surface area contributed by atoms with Crippen molar-refractivity contribution in [3.8, 4) is 0 Å². The Labute approximate surface area is 160 Å². The first kappa shape index (κ1) is 20.9. The predicted molar refractivity (Wildman–Crippen MR) is 113 cm³/mol. The van der Waals surface area contributed by atoms with Gasteiger partial charge in [0.15, 0.2) is 0 Å². The third-order valence-electron chi connectivity index (χ3n) is 4.51. The second-order valence-corrected chi connectivity index (χ2v) is 10.4. The lowest BCUT2D eigenvalue weighted by atomic mass is 10.1. The fraction of sp³-hybridized carbons (Fsp3) is 0.478. The molecule has 0 aliphatic rings. The minimum absolute atomic E-state index is 0.181. The molecular weight excluding hydrogens is 336 g/mol. The molecule has 0 fully saturated rings. The summed E-state index contributed by atoms with van der Waals surface area (Å²) in [5.74, 6) is 0.466. The summed E-state index contributed by atoms with van der Waals surface area (Å²) in [7, 11) is -2.73. The van der Waals surface area contributed by atoms with Gasteiger partial charge in [-0.2, -0.15) is 0 Å². The van der Waals surface area contributed by atoms with E-state index in [0.717, 1.165) is 6.42 Å². The highest BCUT2D eigenvalue weighted by Gasteiger charge is 2.44. The molecule has 142 valence electrons. The van der Waals surface area contributed by atoms with E-state index in [9.17, 15) is 0 Å². The quantitative estimate of drug-likeness (QED) is 0.414. The zero-order chi connectivity index (χ0) is 18.8. The molecule has 1 unspecified atom stereocenters. The van der Waals surface area contributed by atoms with Crippen molar-refractivity contribution in [3.05, 3.63) is 60.7 Å². The molecule has 0 amide bonds. The van der Waals surface area contributed by atoms with Crippen LogP contribution in [0.15, 0.2) is 60.7 Å². The number of unbranched alkanes of at least 4 members (excludes halogenated alkanes) is 2. The topological polar surface area (TPSA) is 18.5 Å². The smallest absolute Gasteiger partial charge is 0.387 e. The van der Waals surface area contributed by atoms with Crippen molar-refractivity contribution >= 4 is 18.9 Å². The van der Waals surface area contributed by atoms with Crippen LogP contribution >= 0.6 is 0 Å². The third-order valence-corrected chi connectivity index (χ3v) is 8.00. The molecule has 0 spiro atoms. The summed E-state index contributed by atoms with van der Waals surface area (Å²) in [5.41, 5.74) is 0. The first-order valence-electron chi connectivity index (χ1n) is 10.0. The van der Waals surface area contributed by atoms with Gasteiger partial charge in [-0.25, -0.2) is 0 Å². The van der Waals surface area contributed by atoms with E-state index in [1.54, 1.807) is 0 Å². The summed E-state index contributed by atoms with van der Waals surface area (Å²) in [6.07, 6.45) is 4.95. The average Bonchev–Trinajstić information content (AvgIpc) is 2.66. The van der Waals surface area contributed by atoms with Gasteiger partial charge in [0.25, 0.3) is 0 Å². The van der Waals surface area contributed by atoms with Crippen LogP contribution < -0.4 is 10.4 Å². The molecule has 0 saturated carbocycles. The Balaban J connectivity index is 2.39. The number of rotatable bonds is 11. The molecule has 0 bridgehead atoms. The maximum atomic E-state index is 6.82. The predicted octanol–water partition coefficient (Wildman–Crippen LogP) is 4.90. The lowest BCUT2D eigenvalue weighted by molar-refractivity contribution is 0.124. The Morgan fingerprint density at radius 1 is 0.808 bits per heavy atom. The van der Waals surface area contributed by atoms with Crippen LogP contribution in [0.5, 0.6) is 0 Å². The molecule has 0 heterocycles. The van der Waals surface area contributed by atoms with Crippen LogP contribution in [0.1, 0.15) is 53.4 Å². The molecule has 2 aromatic rings. The fourth-order valence-electron chi connectivity index (χ4n) is 3.13. The van der Waals surface area contributed by atoms with Crippen molar-refractivity contribution in [2.45, 2.75) is 59.5 Å². The molecule has 0 aliphatic heterocycles. The molecule has 2 rings (SSSR count). The molecule has 0 N–H and O–H groups in total. The van der Waals surface area contributed by atoms with Crippen molar-refractivity contribution in [2.75, 3.05) is 6.61 Å². The van der Waals surface area contributed by atoms with Crippen LogP contribution in [0.2, 0.25) is 0 Å². The molecule has 0 saturated heterocycles. The molecule has 3 heteroatoms.